The topological polar surface area (TPSA) is 91.7 Å². The maximum absolute atomic E-state index is 11.1. The van der Waals surface area contributed by atoms with Crippen molar-refractivity contribution >= 4 is 18.2 Å². The van der Waals surface area contributed by atoms with E-state index in [2.05, 4.69) is 0 Å². The maximum Gasteiger partial charge on any atom is 0.306 e. The van der Waals surface area contributed by atoms with Crippen molar-refractivity contribution < 1.29 is 24.6 Å². The summed E-state index contributed by atoms with van der Waals surface area (Å²) in [6, 6.07) is 0. The minimum atomic E-state index is -0.975. The van der Waals surface area contributed by atoms with Crippen LogP contribution in [0.5, 0.6) is 0 Å². The quantitative estimate of drug-likeness (QED) is 0.635. The number of carbonyl (C=O) groups excluding carboxylic acids is 1. The van der Waals surface area contributed by atoms with Gasteiger partial charge in [-0.1, -0.05) is 20.8 Å². The molecule has 0 aromatic rings. The molecule has 0 aliphatic rings. The number of hydrogen-bond donors (Lipinski definition) is 2. The van der Waals surface area contributed by atoms with Gasteiger partial charge in [-0.25, -0.2) is 0 Å². The summed E-state index contributed by atoms with van der Waals surface area (Å²) in [5, 5.41) is 17.7. The third-order valence-electron chi connectivity index (χ3n) is 2.65. The number of carboxylic acid groups (broad SMARTS) is 2. The van der Waals surface area contributed by atoms with Crippen molar-refractivity contribution in [3.63, 3.8) is 0 Å². The molecule has 0 saturated heterocycles. The zero-order valence-electron chi connectivity index (χ0n) is 10.5. The van der Waals surface area contributed by atoms with Crippen molar-refractivity contribution in [2.75, 3.05) is 0 Å². The Bertz CT molecular complexity index is 295. The van der Waals surface area contributed by atoms with Gasteiger partial charge in [-0.05, 0) is 18.8 Å². The zero-order valence-corrected chi connectivity index (χ0v) is 10.5. The predicted octanol–water partition coefficient (Wildman–Crippen LogP) is 1.80. The lowest BCUT2D eigenvalue weighted by atomic mass is 9.80. The summed E-state index contributed by atoms with van der Waals surface area (Å²) in [4.78, 5) is 32.3. The molecule has 0 aromatic heterocycles. The number of carboxylic acids is 2. The number of carbonyl (C=O) groups is 3. The molecule has 0 fully saturated rings. The van der Waals surface area contributed by atoms with Gasteiger partial charge in [0.1, 0.15) is 6.29 Å². The van der Waals surface area contributed by atoms with Crippen LogP contribution >= 0.6 is 0 Å². The van der Waals surface area contributed by atoms with E-state index in [4.69, 9.17) is 10.2 Å². The minimum absolute atomic E-state index is 0.0503. The molecule has 0 amide bonds. The normalized spacial score (nSPS) is 15.0. The molecule has 5 heteroatoms. The van der Waals surface area contributed by atoms with Crippen molar-refractivity contribution in [2.24, 2.45) is 17.3 Å². The zero-order chi connectivity index (χ0) is 13.6. The highest BCUT2D eigenvalue weighted by molar-refractivity contribution is 5.71. The summed E-state index contributed by atoms with van der Waals surface area (Å²) in [6.45, 7) is 5.06. The van der Waals surface area contributed by atoms with E-state index in [9.17, 15) is 14.4 Å². The number of hydrogen-bond acceptors (Lipinski definition) is 3. The molecular formula is C12H20O5. The van der Waals surface area contributed by atoms with Gasteiger partial charge in [0.25, 0.3) is 0 Å². The third kappa shape index (κ3) is 6.71. The van der Waals surface area contributed by atoms with Crippen LogP contribution in [0.1, 0.15) is 40.0 Å². The summed E-state index contributed by atoms with van der Waals surface area (Å²) in [6.07, 6.45) is 1.20. The summed E-state index contributed by atoms with van der Waals surface area (Å²) in [5.74, 6) is -2.80. The highest BCUT2D eigenvalue weighted by Crippen LogP contribution is 2.28. The first-order chi connectivity index (χ1) is 7.68. The lowest BCUT2D eigenvalue weighted by molar-refractivity contribution is -0.145. The van der Waals surface area contributed by atoms with Crippen LogP contribution in [0.4, 0.5) is 0 Å². The monoisotopic (exact) mass is 244 g/mol. The molecule has 0 bridgehead atoms. The van der Waals surface area contributed by atoms with Crippen molar-refractivity contribution in [3.8, 4) is 0 Å². The molecule has 5 nitrogen and oxygen atoms in total. The summed E-state index contributed by atoms with van der Waals surface area (Å²) >= 11 is 0. The van der Waals surface area contributed by atoms with Gasteiger partial charge in [0.15, 0.2) is 0 Å². The Balaban J connectivity index is 4.50. The maximum atomic E-state index is 11.1. The van der Waals surface area contributed by atoms with Gasteiger partial charge < -0.3 is 15.0 Å². The molecule has 0 heterocycles. The van der Waals surface area contributed by atoms with Crippen molar-refractivity contribution in [1.29, 1.82) is 0 Å². The van der Waals surface area contributed by atoms with E-state index in [1.807, 2.05) is 0 Å². The molecule has 0 rings (SSSR count). The van der Waals surface area contributed by atoms with Crippen molar-refractivity contribution in [3.05, 3.63) is 0 Å². The first kappa shape index (κ1) is 15.6. The standard InChI is InChI=1S/C12H20O5/c1-8(5-10(14)15)4-9(11(16)17)6-12(2,3)7-13/h7-9H,4-6H2,1-3H3,(H,14,15)(H,16,17). The molecule has 0 radical (unpaired) electrons. The first-order valence-electron chi connectivity index (χ1n) is 5.59. The van der Waals surface area contributed by atoms with E-state index < -0.39 is 23.3 Å². The molecule has 2 N–H and O–H groups in total. The first-order valence-corrected chi connectivity index (χ1v) is 5.59. The van der Waals surface area contributed by atoms with Crippen molar-refractivity contribution in [1.82, 2.24) is 0 Å². The fraction of sp³-hybridized carbons (Fsp3) is 0.750. The second-order valence-electron chi connectivity index (χ2n) is 5.28. The summed E-state index contributed by atoms with van der Waals surface area (Å²) in [5.41, 5.74) is -0.688. The van der Waals surface area contributed by atoms with Gasteiger partial charge >= 0.3 is 11.9 Å². The van der Waals surface area contributed by atoms with Crippen LogP contribution in [0.3, 0.4) is 0 Å². The summed E-state index contributed by atoms with van der Waals surface area (Å²) < 4.78 is 0. The van der Waals surface area contributed by atoms with Crippen LogP contribution in [0.25, 0.3) is 0 Å². The highest BCUT2D eigenvalue weighted by Gasteiger charge is 2.29. The number of aliphatic carboxylic acids is 2. The molecule has 0 aliphatic carbocycles. The Morgan fingerprint density at radius 2 is 1.82 bits per heavy atom. The lowest BCUT2D eigenvalue weighted by Gasteiger charge is -2.23. The van der Waals surface area contributed by atoms with Crippen LogP contribution in [0, 0.1) is 17.3 Å². The van der Waals surface area contributed by atoms with Crippen LogP contribution in [-0.4, -0.2) is 28.4 Å². The molecule has 0 aliphatic heterocycles. The van der Waals surface area contributed by atoms with Gasteiger partial charge in [-0.2, -0.15) is 0 Å². The van der Waals surface area contributed by atoms with Gasteiger partial charge in [0.05, 0.1) is 5.92 Å². The smallest absolute Gasteiger partial charge is 0.306 e. The average molecular weight is 244 g/mol. The second-order valence-corrected chi connectivity index (χ2v) is 5.28. The molecule has 0 aromatic carbocycles. The Kier molecular flexibility index (Phi) is 5.85. The fourth-order valence-electron chi connectivity index (χ4n) is 1.82. The van der Waals surface area contributed by atoms with Gasteiger partial charge in [0, 0.05) is 11.8 Å². The van der Waals surface area contributed by atoms with Crippen LogP contribution < -0.4 is 0 Å². The molecule has 0 saturated carbocycles. The molecule has 2 unspecified atom stereocenters. The predicted molar refractivity (Wildman–Crippen MR) is 61.6 cm³/mol. The van der Waals surface area contributed by atoms with E-state index >= 15 is 0 Å². The van der Waals surface area contributed by atoms with Gasteiger partial charge in [-0.15, -0.1) is 0 Å². The van der Waals surface area contributed by atoms with E-state index in [-0.39, 0.29) is 25.2 Å². The Labute approximate surface area is 101 Å². The largest absolute Gasteiger partial charge is 0.481 e. The van der Waals surface area contributed by atoms with Gasteiger partial charge in [-0.3, -0.25) is 9.59 Å². The number of rotatable bonds is 8. The Hall–Kier alpha value is -1.39. The van der Waals surface area contributed by atoms with E-state index in [1.54, 1.807) is 20.8 Å². The van der Waals surface area contributed by atoms with Gasteiger partial charge in [0.2, 0.25) is 0 Å². The van der Waals surface area contributed by atoms with Crippen LogP contribution in [0.15, 0.2) is 0 Å². The molecule has 17 heavy (non-hydrogen) atoms. The second kappa shape index (κ2) is 6.37. The van der Waals surface area contributed by atoms with E-state index in [0.29, 0.717) is 0 Å². The summed E-state index contributed by atoms with van der Waals surface area (Å²) in [7, 11) is 0. The Morgan fingerprint density at radius 3 is 2.18 bits per heavy atom. The third-order valence-corrected chi connectivity index (χ3v) is 2.65. The minimum Gasteiger partial charge on any atom is -0.481 e. The molecule has 2 atom stereocenters. The van der Waals surface area contributed by atoms with E-state index in [1.165, 1.54) is 0 Å². The van der Waals surface area contributed by atoms with E-state index in [0.717, 1.165) is 6.29 Å². The Morgan fingerprint density at radius 1 is 1.29 bits per heavy atom. The fourth-order valence-corrected chi connectivity index (χ4v) is 1.82. The SMILES string of the molecule is CC(CC(=O)O)CC(CC(C)(C)C=O)C(=O)O. The van der Waals surface area contributed by atoms with Crippen molar-refractivity contribution in [2.45, 2.75) is 40.0 Å². The van der Waals surface area contributed by atoms with Crippen LogP contribution in [0.2, 0.25) is 0 Å². The highest BCUT2D eigenvalue weighted by atomic mass is 16.4. The molecule has 0 spiro atoms. The molecular weight excluding hydrogens is 224 g/mol. The number of aldehydes is 1. The average Bonchev–Trinajstić information content (AvgIpc) is 2.15. The van der Waals surface area contributed by atoms with Crippen LogP contribution in [-0.2, 0) is 14.4 Å². The lowest BCUT2D eigenvalue weighted by Crippen LogP contribution is -2.26. The molecule has 98 valence electrons.